The molecule has 1 atom stereocenters. The standard InChI is InChI=1S/C17H28N2O2/c1-4-9-19(13-17(2,3)12-18)10-14-11-20-15-7-5-6-8-16(15)21-14/h5-8,14H,4,9-13,18H2,1-3H3. The average molecular weight is 292 g/mol. The predicted octanol–water partition coefficient (Wildman–Crippen LogP) is 2.52. The number of benzene rings is 1. The van der Waals surface area contributed by atoms with Gasteiger partial charge in [-0.25, -0.2) is 0 Å². The van der Waals surface area contributed by atoms with Crippen molar-refractivity contribution >= 4 is 0 Å². The van der Waals surface area contributed by atoms with Crippen molar-refractivity contribution in [2.24, 2.45) is 11.1 Å². The maximum atomic E-state index is 6.06. The lowest BCUT2D eigenvalue weighted by molar-refractivity contribution is 0.0480. The van der Waals surface area contributed by atoms with Crippen molar-refractivity contribution in [3.63, 3.8) is 0 Å². The lowest BCUT2D eigenvalue weighted by Gasteiger charge is -2.35. The molecule has 1 unspecified atom stereocenters. The van der Waals surface area contributed by atoms with Crippen LogP contribution in [0.3, 0.4) is 0 Å². The zero-order valence-corrected chi connectivity index (χ0v) is 13.5. The number of para-hydroxylation sites is 2. The van der Waals surface area contributed by atoms with E-state index in [0.717, 1.165) is 37.6 Å². The van der Waals surface area contributed by atoms with Gasteiger partial charge in [-0.2, -0.15) is 0 Å². The van der Waals surface area contributed by atoms with Gasteiger partial charge in [0.25, 0.3) is 0 Å². The van der Waals surface area contributed by atoms with Gasteiger partial charge >= 0.3 is 0 Å². The van der Waals surface area contributed by atoms with Gasteiger partial charge in [0.15, 0.2) is 11.5 Å². The van der Waals surface area contributed by atoms with E-state index in [2.05, 4.69) is 25.7 Å². The van der Waals surface area contributed by atoms with E-state index in [4.69, 9.17) is 15.2 Å². The number of hydrogen-bond acceptors (Lipinski definition) is 4. The molecule has 2 N–H and O–H groups in total. The molecule has 0 amide bonds. The van der Waals surface area contributed by atoms with E-state index in [1.165, 1.54) is 0 Å². The highest BCUT2D eigenvalue weighted by Gasteiger charge is 2.26. The van der Waals surface area contributed by atoms with E-state index in [0.29, 0.717) is 13.2 Å². The Morgan fingerprint density at radius 3 is 2.67 bits per heavy atom. The molecule has 0 aliphatic carbocycles. The van der Waals surface area contributed by atoms with Crippen LogP contribution in [0, 0.1) is 5.41 Å². The molecule has 4 nitrogen and oxygen atoms in total. The largest absolute Gasteiger partial charge is 0.486 e. The molecular formula is C17H28N2O2. The summed E-state index contributed by atoms with van der Waals surface area (Å²) in [4.78, 5) is 2.44. The van der Waals surface area contributed by atoms with E-state index in [1.54, 1.807) is 0 Å². The zero-order valence-electron chi connectivity index (χ0n) is 13.5. The highest BCUT2D eigenvalue weighted by atomic mass is 16.6. The summed E-state index contributed by atoms with van der Waals surface area (Å²) in [5.41, 5.74) is 5.99. The van der Waals surface area contributed by atoms with E-state index in [-0.39, 0.29) is 11.5 Å². The Hall–Kier alpha value is -1.26. The Morgan fingerprint density at radius 2 is 2.00 bits per heavy atom. The topological polar surface area (TPSA) is 47.7 Å². The summed E-state index contributed by atoms with van der Waals surface area (Å²) in [5, 5.41) is 0. The van der Waals surface area contributed by atoms with Gasteiger partial charge < -0.3 is 15.2 Å². The molecule has 0 bridgehead atoms. The quantitative estimate of drug-likeness (QED) is 0.839. The predicted molar refractivity (Wildman–Crippen MR) is 85.9 cm³/mol. The van der Waals surface area contributed by atoms with Gasteiger partial charge in [0.1, 0.15) is 12.7 Å². The first kappa shape index (κ1) is 16.1. The molecule has 21 heavy (non-hydrogen) atoms. The number of fused-ring (bicyclic) bond motifs is 1. The van der Waals surface area contributed by atoms with Crippen LogP contribution in [-0.2, 0) is 0 Å². The normalized spacial score (nSPS) is 18.0. The van der Waals surface area contributed by atoms with Crippen molar-refractivity contribution in [1.82, 2.24) is 4.90 Å². The first-order valence-corrected chi connectivity index (χ1v) is 7.85. The van der Waals surface area contributed by atoms with Crippen LogP contribution in [0.5, 0.6) is 11.5 Å². The van der Waals surface area contributed by atoms with Crippen LogP contribution in [0.1, 0.15) is 27.2 Å². The van der Waals surface area contributed by atoms with Crippen LogP contribution in [0.25, 0.3) is 0 Å². The highest BCUT2D eigenvalue weighted by molar-refractivity contribution is 5.40. The Balaban J connectivity index is 1.95. The van der Waals surface area contributed by atoms with Gasteiger partial charge in [0.05, 0.1) is 0 Å². The van der Waals surface area contributed by atoms with Crippen molar-refractivity contribution in [3.05, 3.63) is 24.3 Å². The number of rotatable bonds is 7. The van der Waals surface area contributed by atoms with Gasteiger partial charge in [-0.1, -0.05) is 32.9 Å². The third-order valence-electron chi connectivity index (χ3n) is 3.77. The second-order valence-corrected chi connectivity index (χ2v) is 6.60. The zero-order chi connectivity index (χ0) is 15.3. The summed E-state index contributed by atoms with van der Waals surface area (Å²) in [6.07, 6.45) is 1.21. The number of nitrogens with zero attached hydrogens (tertiary/aromatic N) is 1. The van der Waals surface area contributed by atoms with Crippen molar-refractivity contribution in [2.75, 3.05) is 32.8 Å². The lowest BCUT2D eigenvalue weighted by atomic mass is 9.93. The highest BCUT2D eigenvalue weighted by Crippen LogP contribution is 2.31. The fraction of sp³-hybridized carbons (Fsp3) is 0.647. The minimum Gasteiger partial charge on any atom is -0.486 e. The molecule has 1 aromatic carbocycles. The molecular weight excluding hydrogens is 264 g/mol. The maximum Gasteiger partial charge on any atom is 0.161 e. The molecule has 0 saturated carbocycles. The van der Waals surface area contributed by atoms with Crippen LogP contribution in [0.15, 0.2) is 24.3 Å². The first-order chi connectivity index (χ1) is 10.0. The average Bonchev–Trinajstić information content (AvgIpc) is 2.47. The molecule has 1 aliphatic rings. The SMILES string of the molecule is CCCN(CC1COc2ccccc2O1)CC(C)(C)CN. The molecule has 0 fully saturated rings. The van der Waals surface area contributed by atoms with Gasteiger partial charge in [-0.15, -0.1) is 0 Å². The Morgan fingerprint density at radius 1 is 1.29 bits per heavy atom. The van der Waals surface area contributed by atoms with Crippen LogP contribution in [0.2, 0.25) is 0 Å². The summed E-state index contributed by atoms with van der Waals surface area (Å²) >= 11 is 0. The molecule has 1 heterocycles. The third-order valence-corrected chi connectivity index (χ3v) is 3.77. The Labute approximate surface area is 128 Å². The van der Waals surface area contributed by atoms with Crippen LogP contribution < -0.4 is 15.2 Å². The molecule has 1 aliphatic heterocycles. The number of ether oxygens (including phenoxy) is 2. The summed E-state index contributed by atoms with van der Waals surface area (Å²) in [7, 11) is 0. The number of hydrogen-bond donors (Lipinski definition) is 1. The van der Waals surface area contributed by atoms with Gasteiger partial charge in [-0.05, 0) is 37.1 Å². The lowest BCUT2D eigenvalue weighted by Crippen LogP contribution is -2.46. The molecule has 2 rings (SSSR count). The summed E-state index contributed by atoms with van der Waals surface area (Å²) in [5.74, 6) is 1.70. The molecule has 0 aromatic heterocycles. The maximum absolute atomic E-state index is 6.06. The van der Waals surface area contributed by atoms with E-state index in [1.807, 2.05) is 24.3 Å². The van der Waals surface area contributed by atoms with Crippen molar-refractivity contribution in [2.45, 2.75) is 33.3 Å². The van der Waals surface area contributed by atoms with Gasteiger partial charge in [0.2, 0.25) is 0 Å². The van der Waals surface area contributed by atoms with Gasteiger partial charge in [-0.3, -0.25) is 4.90 Å². The summed E-state index contributed by atoms with van der Waals surface area (Å²) in [6, 6.07) is 7.87. The second kappa shape index (κ2) is 7.14. The minimum atomic E-state index is 0.0834. The smallest absolute Gasteiger partial charge is 0.161 e. The molecule has 0 saturated heterocycles. The fourth-order valence-electron chi connectivity index (χ4n) is 2.66. The Kier molecular flexibility index (Phi) is 5.48. The molecule has 118 valence electrons. The van der Waals surface area contributed by atoms with Crippen LogP contribution in [0.4, 0.5) is 0 Å². The first-order valence-electron chi connectivity index (χ1n) is 7.85. The van der Waals surface area contributed by atoms with Crippen LogP contribution >= 0.6 is 0 Å². The van der Waals surface area contributed by atoms with Crippen molar-refractivity contribution in [1.29, 1.82) is 0 Å². The van der Waals surface area contributed by atoms with Crippen molar-refractivity contribution in [3.8, 4) is 11.5 Å². The molecule has 0 radical (unpaired) electrons. The third kappa shape index (κ3) is 4.61. The monoisotopic (exact) mass is 292 g/mol. The Bertz CT molecular complexity index is 448. The fourth-order valence-corrected chi connectivity index (χ4v) is 2.66. The number of nitrogens with two attached hydrogens (primary N) is 1. The second-order valence-electron chi connectivity index (χ2n) is 6.60. The van der Waals surface area contributed by atoms with Gasteiger partial charge in [0, 0.05) is 13.1 Å². The van der Waals surface area contributed by atoms with E-state index < -0.39 is 0 Å². The summed E-state index contributed by atoms with van der Waals surface area (Å²) < 4.78 is 11.9. The molecule has 4 heteroatoms. The minimum absolute atomic E-state index is 0.0834. The van der Waals surface area contributed by atoms with E-state index in [9.17, 15) is 0 Å². The molecule has 0 spiro atoms. The van der Waals surface area contributed by atoms with Crippen molar-refractivity contribution < 1.29 is 9.47 Å². The van der Waals surface area contributed by atoms with E-state index >= 15 is 0 Å². The summed E-state index contributed by atoms with van der Waals surface area (Å²) in [6.45, 7) is 10.9. The molecule has 1 aromatic rings. The van der Waals surface area contributed by atoms with Crippen LogP contribution in [-0.4, -0.2) is 43.8 Å².